The normalized spacial score (nSPS) is 25.2. The van der Waals surface area contributed by atoms with E-state index in [0.717, 1.165) is 6.07 Å². The maximum absolute atomic E-state index is 13.0. The molecule has 0 aliphatic carbocycles. The van der Waals surface area contributed by atoms with Crippen molar-refractivity contribution >= 4 is 11.0 Å². The van der Waals surface area contributed by atoms with Gasteiger partial charge in [0.2, 0.25) is 11.7 Å². The van der Waals surface area contributed by atoms with E-state index in [-0.39, 0.29) is 33.8 Å². The lowest BCUT2D eigenvalue weighted by Crippen LogP contribution is -2.60. The van der Waals surface area contributed by atoms with Gasteiger partial charge in [-0.25, -0.2) is 0 Å². The zero-order valence-electron chi connectivity index (χ0n) is 17.3. The second-order valence-corrected chi connectivity index (χ2v) is 7.50. The molecule has 176 valence electrons. The van der Waals surface area contributed by atoms with E-state index < -0.39 is 48.5 Å². The summed E-state index contributed by atoms with van der Waals surface area (Å²) in [5, 5.41) is 59.3. The number of fused-ring (bicyclic) bond motifs is 1. The van der Waals surface area contributed by atoms with E-state index in [4.69, 9.17) is 18.6 Å². The number of benzene rings is 2. The Hall–Kier alpha value is -3.35. The lowest BCUT2D eigenvalue weighted by molar-refractivity contribution is -0.277. The molecule has 0 radical (unpaired) electrons. The highest BCUT2D eigenvalue weighted by Gasteiger charge is 2.44. The van der Waals surface area contributed by atoms with Crippen molar-refractivity contribution in [3.05, 3.63) is 46.8 Å². The number of hydrogen-bond donors (Lipinski definition) is 6. The molecule has 1 saturated heterocycles. The molecule has 11 heteroatoms. The fraction of sp³-hybridized carbons (Fsp3) is 0.318. The van der Waals surface area contributed by atoms with Crippen molar-refractivity contribution in [2.24, 2.45) is 0 Å². The number of aliphatic hydroxyl groups is 4. The lowest BCUT2D eigenvalue weighted by atomic mass is 9.99. The van der Waals surface area contributed by atoms with Gasteiger partial charge in [-0.3, -0.25) is 4.79 Å². The van der Waals surface area contributed by atoms with Gasteiger partial charge in [-0.15, -0.1) is 0 Å². The molecule has 0 amide bonds. The van der Waals surface area contributed by atoms with Crippen molar-refractivity contribution in [1.29, 1.82) is 0 Å². The fourth-order valence-corrected chi connectivity index (χ4v) is 3.62. The molecule has 2 aromatic carbocycles. The quantitative estimate of drug-likeness (QED) is 0.302. The predicted octanol–water partition coefficient (Wildman–Crippen LogP) is 0.0585. The molecule has 1 fully saturated rings. The molecule has 1 aromatic heterocycles. The summed E-state index contributed by atoms with van der Waals surface area (Å²) in [6, 6.07) is 6.67. The molecular weight excluding hydrogens is 440 g/mol. The van der Waals surface area contributed by atoms with Gasteiger partial charge in [-0.2, -0.15) is 0 Å². The maximum atomic E-state index is 13.0. The Morgan fingerprint density at radius 3 is 2.45 bits per heavy atom. The molecule has 3 aromatic rings. The summed E-state index contributed by atoms with van der Waals surface area (Å²) < 4.78 is 21.3. The van der Waals surface area contributed by atoms with Crippen molar-refractivity contribution < 1.29 is 49.3 Å². The van der Waals surface area contributed by atoms with Crippen LogP contribution in [0.15, 0.2) is 45.8 Å². The Kier molecular flexibility index (Phi) is 6.15. The van der Waals surface area contributed by atoms with Crippen LogP contribution in [0.5, 0.6) is 23.0 Å². The average molecular weight is 462 g/mol. The first-order chi connectivity index (χ1) is 15.7. The fourth-order valence-electron chi connectivity index (χ4n) is 3.62. The number of methoxy groups -OCH3 is 1. The zero-order chi connectivity index (χ0) is 23.9. The molecule has 2 heterocycles. The van der Waals surface area contributed by atoms with Gasteiger partial charge < -0.3 is 49.3 Å². The SMILES string of the molecule is COc1cc(-c2coc3cc(O[C@H]4O[C@H](CO)[C@H](O)[C@@H](O)[C@H]4O)cc(O)c3c2=O)ccc1O. The molecule has 1 aliphatic heterocycles. The average Bonchev–Trinajstić information content (AvgIpc) is 2.80. The number of aliphatic hydroxyl groups excluding tert-OH is 4. The smallest absolute Gasteiger partial charge is 0.229 e. The Labute approximate surface area is 186 Å². The summed E-state index contributed by atoms with van der Waals surface area (Å²) in [4.78, 5) is 13.0. The number of phenolic OH excluding ortho intramolecular Hbond substituents is 2. The third-order valence-electron chi connectivity index (χ3n) is 5.42. The van der Waals surface area contributed by atoms with Crippen LogP contribution in [0, 0.1) is 0 Å². The highest BCUT2D eigenvalue weighted by atomic mass is 16.7. The molecule has 6 N–H and O–H groups in total. The minimum Gasteiger partial charge on any atom is -0.507 e. The molecule has 0 unspecified atom stereocenters. The minimum absolute atomic E-state index is 0.0333. The van der Waals surface area contributed by atoms with Gasteiger partial charge in [-0.05, 0) is 17.7 Å². The van der Waals surface area contributed by atoms with E-state index in [9.17, 15) is 35.4 Å². The van der Waals surface area contributed by atoms with Gasteiger partial charge in [0.05, 0.1) is 19.3 Å². The summed E-state index contributed by atoms with van der Waals surface area (Å²) in [6.07, 6.45) is -6.33. The largest absolute Gasteiger partial charge is 0.507 e. The standard InChI is InChI=1S/C22H22O11/c1-30-14-4-9(2-3-12(14)24)11-8-31-15-6-10(5-13(25)17(15)18(11)26)32-22-21(29)20(28)19(27)16(7-23)33-22/h2-6,8,16,19-25,27-29H,7H2,1H3/t16-,19+,20-,21-,22+/m1/s1. The Balaban J connectivity index is 1.69. The number of ether oxygens (including phenoxy) is 3. The number of phenols is 2. The predicted molar refractivity (Wildman–Crippen MR) is 112 cm³/mol. The molecule has 4 rings (SSSR count). The van der Waals surface area contributed by atoms with Gasteiger partial charge in [0.15, 0.2) is 11.5 Å². The maximum Gasteiger partial charge on any atom is 0.229 e. The molecule has 5 atom stereocenters. The molecule has 0 bridgehead atoms. The van der Waals surface area contributed by atoms with Gasteiger partial charge in [0.25, 0.3) is 0 Å². The third kappa shape index (κ3) is 4.08. The number of aromatic hydroxyl groups is 2. The summed E-state index contributed by atoms with van der Waals surface area (Å²) >= 11 is 0. The van der Waals surface area contributed by atoms with Crippen molar-refractivity contribution in [2.75, 3.05) is 13.7 Å². The highest BCUT2D eigenvalue weighted by molar-refractivity contribution is 5.88. The van der Waals surface area contributed by atoms with E-state index in [0.29, 0.717) is 5.56 Å². The molecular formula is C22H22O11. The monoisotopic (exact) mass is 462 g/mol. The Morgan fingerprint density at radius 1 is 1.00 bits per heavy atom. The van der Waals surface area contributed by atoms with Gasteiger partial charge in [-0.1, -0.05) is 6.07 Å². The van der Waals surface area contributed by atoms with Crippen LogP contribution in [-0.2, 0) is 4.74 Å². The first-order valence-corrected chi connectivity index (χ1v) is 9.88. The summed E-state index contributed by atoms with van der Waals surface area (Å²) in [7, 11) is 1.37. The van der Waals surface area contributed by atoms with E-state index in [2.05, 4.69) is 0 Å². The van der Waals surface area contributed by atoms with Crippen molar-refractivity contribution in [3.63, 3.8) is 0 Å². The Bertz CT molecular complexity index is 1220. The molecule has 0 saturated carbocycles. The van der Waals surface area contributed by atoms with Crippen molar-refractivity contribution in [2.45, 2.75) is 30.7 Å². The Morgan fingerprint density at radius 2 is 1.76 bits per heavy atom. The molecule has 33 heavy (non-hydrogen) atoms. The highest BCUT2D eigenvalue weighted by Crippen LogP contribution is 2.34. The van der Waals surface area contributed by atoms with Crippen LogP contribution in [0.3, 0.4) is 0 Å². The van der Waals surface area contributed by atoms with E-state index in [1.54, 1.807) is 0 Å². The van der Waals surface area contributed by atoms with Crippen molar-refractivity contribution in [1.82, 2.24) is 0 Å². The van der Waals surface area contributed by atoms with Crippen LogP contribution in [0.4, 0.5) is 0 Å². The number of hydrogen-bond acceptors (Lipinski definition) is 11. The van der Waals surface area contributed by atoms with E-state index in [1.165, 1.54) is 37.6 Å². The summed E-state index contributed by atoms with van der Waals surface area (Å²) in [6.45, 7) is -0.631. The van der Waals surface area contributed by atoms with Crippen LogP contribution in [0.25, 0.3) is 22.1 Å². The third-order valence-corrected chi connectivity index (χ3v) is 5.42. The molecule has 0 spiro atoms. The minimum atomic E-state index is -1.65. The van der Waals surface area contributed by atoms with Crippen LogP contribution < -0.4 is 14.9 Å². The summed E-state index contributed by atoms with van der Waals surface area (Å²) in [5.74, 6) is -0.497. The van der Waals surface area contributed by atoms with Crippen molar-refractivity contribution in [3.8, 4) is 34.1 Å². The molecule has 11 nitrogen and oxygen atoms in total. The van der Waals surface area contributed by atoms with E-state index in [1.807, 2.05) is 0 Å². The number of rotatable bonds is 5. The first kappa shape index (κ1) is 22.8. The zero-order valence-corrected chi connectivity index (χ0v) is 17.3. The topological polar surface area (TPSA) is 179 Å². The summed E-state index contributed by atoms with van der Waals surface area (Å²) in [5.41, 5.74) is -0.0879. The van der Waals surface area contributed by atoms with E-state index >= 15 is 0 Å². The van der Waals surface area contributed by atoms with Crippen LogP contribution in [0.1, 0.15) is 0 Å². The second kappa shape index (κ2) is 8.89. The van der Waals surface area contributed by atoms with Crippen LogP contribution in [0.2, 0.25) is 0 Å². The van der Waals surface area contributed by atoms with Crippen LogP contribution in [-0.4, -0.2) is 75.1 Å². The first-order valence-electron chi connectivity index (χ1n) is 9.88. The molecule has 1 aliphatic rings. The van der Waals surface area contributed by atoms with Gasteiger partial charge >= 0.3 is 0 Å². The van der Waals surface area contributed by atoms with Gasteiger partial charge in [0.1, 0.15) is 53.1 Å². The second-order valence-electron chi connectivity index (χ2n) is 7.50. The van der Waals surface area contributed by atoms with Gasteiger partial charge in [0, 0.05) is 12.1 Å². The van der Waals surface area contributed by atoms with Crippen LogP contribution >= 0.6 is 0 Å². The lowest BCUT2D eigenvalue weighted by Gasteiger charge is -2.39.